The van der Waals surface area contributed by atoms with Gasteiger partial charge < -0.3 is 20.1 Å². The second-order valence-electron chi connectivity index (χ2n) is 7.39. The lowest BCUT2D eigenvalue weighted by atomic mass is 9.87. The van der Waals surface area contributed by atoms with E-state index in [1.165, 1.54) is 31.2 Å². The normalized spacial score (nSPS) is 20.9. The minimum Gasteiger partial charge on any atom is -0.486 e. The number of hydrogen-bond acceptors (Lipinski definition) is 5. The number of urea groups is 1. The van der Waals surface area contributed by atoms with E-state index in [0.29, 0.717) is 36.0 Å². The minimum absolute atomic E-state index is 0.246. The van der Waals surface area contributed by atoms with Crippen LogP contribution >= 0.6 is 0 Å². The van der Waals surface area contributed by atoms with Crippen molar-refractivity contribution in [2.75, 3.05) is 18.5 Å². The lowest BCUT2D eigenvalue weighted by molar-refractivity contribution is -0.136. The number of rotatable bonds is 5. The molecule has 0 unspecified atom stereocenters. The average Bonchev–Trinajstić information content (AvgIpc) is 3.04. The number of halogens is 1. The van der Waals surface area contributed by atoms with Gasteiger partial charge in [0.05, 0.1) is 0 Å². The number of anilines is 1. The predicted octanol–water partition coefficient (Wildman–Crippen LogP) is 2.78. The maximum absolute atomic E-state index is 13.3. The van der Waals surface area contributed by atoms with E-state index in [0.717, 1.165) is 4.90 Å². The number of fused-ring (bicyclic) bond motifs is 1. The van der Waals surface area contributed by atoms with Gasteiger partial charge in [-0.1, -0.05) is 19.1 Å². The number of carbonyl (C=O) groups is 3. The molecule has 2 aliphatic heterocycles. The first-order valence-corrected chi connectivity index (χ1v) is 9.98. The van der Waals surface area contributed by atoms with Gasteiger partial charge in [-0.2, -0.15) is 0 Å². The monoisotopic (exact) mass is 427 g/mol. The fraction of sp³-hybridized carbons (Fsp3) is 0.318. The Labute approximate surface area is 178 Å². The molecule has 4 rings (SSSR count). The minimum atomic E-state index is -1.35. The fourth-order valence-electron chi connectivity index (χ4n) is 3.80. The number of amides is 4. The van der Waals surface area contributed by atoms with Gasteiger partial charge >= 0.3 is 6.03 Å². The highest BCUT2D eigenvalue weighted by Gasteiger charge is 2.53. The molecule has 162 valence electrons. The molecular formula is C22H22FN3O5. The SMILES string of the molecule is CC[C@@]1(c2ccc(F)cc2)NC(=O)N([C@H](C)C(=O)Nc2ccc3c(c2)OCCO3)C1=O. The van der Waals surface area contributed by atoms with E-state index in [1.54, 1.807) is 25.1 Å². The van der Waals surface area contributed by atoms with Crippen molar-refractivity contribution in [1.82, 2.24) is 10.2 Å². The summed E-state index contributed by atoms with van der Waals surface area (Å²) >= 11 is 0. The quantitative estimate of drug-likeness (QED) is 0.716. The molecular weight excluding hydrogens is 405 g/mol. The summed E-state index contributed by atoms with van der Waals surface area (Å²) in [5.74, 6) is -0.454. The molecule has 2 N–H and O–H groups in total. The van der Waals surface area contributed by atoms with Gasteiger partial charge in [-0.15, -0.1) is 0 Å². The van der Waals surface area contributed by atoms with Crippen LogP contribution in [0.5, 0.6) is 11.5 Å². The summed E-state index contributed by atoms with van der Waals surface area (Å²) in [4.78, 5) is 39.7. The Morgan fingerprint density at radius 1 is 1.16 bits per heavy atom. The van der Waals surface area contributed by atoms with Gasteiger partial charge in [0.25, 0.3) is 5.91 Å². The number of ether oxygens (including phenoxy) is 2. The number of nitrogens with one attached hydrogen (secondary N) is 2. The molecule has 2 aromatic rings. The van der Waals surface area contributed by atoms with Crippen LogP contribution < -0.4 is 20.1 Å². The summed E-state index contributed by atoms with van der Waals surface area (Å²) in [6.07, 6.45) is 0.246. The van der Waals surface area contributed by atoms with Crippen molar-refractivity contribution in [3.05, 3.63) is 53.8 Å². The molecule has 1 saturated heterocycles. The second-order valence-corrected chi connectivity index (χ2v) is 7.39. The van der Waals surface area contributed by atoms with Crippen LogP contribution in [0.15, 0.2) is 42.5 Å². The third kappa shape index (κ3) is 3.56. The summed E-state index contributed by atoms with van der Waals surface area (Å²) in [6, 6.07) is 8.58. The summed E-state index contributed by atoms with van der Waals surface area (Å²) in [5, 5.41) is 5.40. The first-order chi connectivity index (χ1) is 14.9. The van der Waals surface area contributed by atoms with Gasteiger partial charge in [-0.3, -0.25) is 9.59 Å². The molecule has 2 heterocycles. The third-order valence-corrected chi connectivity index (χ3v) is 5.57. The van der Waals surface area contributed by atoms with Crippen molar-refractivity contribution < 1.29 is 28.2 Å². The zero-order chi connectivity index (χ0) is 22.2. The zero-order valence-corrected chi connectivity index (χ0v) is 17.1. The Balaban J connectivity index is 1.54. The maximum atomic E-state index is 13.3. The van der Waals surface area contributed by atoms with Gasteiger partial charge in [-0.25, -0.2) is 14.1 Å². The zero-order valence-electron chi connectivity index (χ0n) is 17.1. The second kappa shape index (κ2) is 7.90. The lowest BCUT2D eigenvalue weighted by Gasteiger charge is -2.27. The van der Waals surface area contributed by atoms with Gasteiger partial charge in [-0.05, 0) is 43.2 Å². The largest absolute Gasteiger partial charge is 0.486 e. The molecule has 2 aliphatic rings. The highest BCUT2D eigenvalue weighted by atomic mass is 19.1. The Bertz CT molecular complexity index is 1040. The Morgan fingerprint density at radius 2 is 1.84 bits per heavy atom. The molecule has 4 amide bonds. The summed E-state index contributed by atoms with van der Waals surface area (Å²) < 4.78 is 24.3. The molecule has 0 aliphatic carbocycles. The van der Waals surface area contributed by atoms with E-state index in [4.69, 9.17) is 9.47 Å². The number of carbonyl (C=O) groups excluding carboxylic acids is 3. The van der Waals surface area contributed by atoms with Crippen molar-refractivity contribution in [2.24, 2.45) is 0 Å². The summed E-state index contributed by atoms with van der Waals surface area (Å²) in [5.41, 5.74) is -0.443. The van der Waals surface area contributed by atoms with Crippen LogP contribution in [-0.4, -0.2) is 42.0 Å². The molecule has 9 heteroatoms. The van der Waals surface area contributed by atoms with Gasteiger partial charge in [0, 0.05) is 11.8 Å². The van der Waals surface area contributed by atoms with Crippen LogP contribution in [-0.2, 0) is 15.1 Å². The third-order valence-electron chi connectivity index (χ3n) is 5.57. The Kier molecular flexibility index (Phi) is 5.26. The predicted molar refractivity (Wildman–Crippen MR) is 109 cm³/mol. The first kappa shape index (κ1) is 20.6. The van der Waals surface area contributed by atoms with Crippen molar-refractivity contribution in [1.29, 1.82) is 0 Å². The molecule has 0 saturated carbocycles. The summed E-state index contributed by atoms with van der Waals surface area (Å²) in [6.45, 7) is 4.08. The van der Waals surface area contributed by atoms with E-state index < -0.39 is 35.2 Å². The smallest absolute Gasteiger partial charge is 0.326 e. The molecule has 8 nitrogen and oxygen atoms in total. The molecule has 1 fully saturated rings. The van der Waals surface area contributed by atoms with E-state index in [-0.39, 0.29) is 6.42 Å². The van der Waals surface area contributed by atoms with Crippen LogP contribution in [0.1, 0.15) is 25.8 Å². The highest BCUT2D eigenvalue weighted by molar-refractivity contribution is 6.11. The van der Waals surface area contributed by atoms with Crippen LogP contribution in [0.2, 0.25) is 0 Å². The molecule has 2 aromatic carbocycles. The van der Waals surface area contributed by atoms with E-state index >= 15 is 0 Å². The summed E-state index contributed by atoms with van der Waals surface area (Å²) in [7, 11) is 0. The molecule has 31 heavy (non-hydrogen) atoms. The number of benzene rings is 2. The molecule has 0 radical (unpaired) electrons. The van der Waals surface area contributed by atoms with Gasteiger partial charge in [0.15, 0.2) is 11.5 Å². The highest BCUT2D eigenvalue weighted by Crippen LogP contribution is 2.35. The maximum Gasteiger partial charge on any atom is 0.326 e. The molecule has 0 bridgehead atoms. The van der Waals surface area contributed by atoms with Crippen molar-refractivity contribution in [3.63, 3.8) is 0 Å². The van der Waals surface area contributed by atoms with E-state index in [2.05, 4.69) is 10.6 Å². The number of nitrogens with zero attached hydrogens (tertiary/aromatic N) is 1. The molecule has 0 aromatic heterocycles. The standard InChI is InChI=1S/C22H22FN3O5/c1-3-22(14-4-6-15(23)7-5-14)20(28)26(21(29)25-22)13(2)19(27)24-16-8-9-17-18(12-16)31-11-10-30-17/h4-9,12-13H,3,10-11H2,1-2H3,(H,24,27)(H,25,29)/t13-,22+/m1/s1. The van der Waals surface area contributed by atoms with Crippen LogP contribution in [0.4, 0.5) is 14.9 Å². The first-order valence-electron chi connectivity index (χ1n) is 9.98. The van der Waals surface area contributed by atoms with Crippen LogP contribution in [0, 0.1) is 5.82 Å². The van der Waals surface area contributed by atoms with Crippen molar-refractivity contribution in [2.45, 2.75) is 31.8 Å². The lowest BCUT2D eigenvalue weighted by Crippen LogP contribution is -2.47. The number of hydrogen-bond donors (Lipinski definition) is 2. The van der Waals surface area contributed by atoms with E-state index in [1.807, 2.05) is 0 Å². The fourth-order valence-corrected chi connectivity index (χ4v) is 3.80. The Hall–Kier alpha value is -3.62. The van der Waals surface area contributed by atoms with Gasteiger partial charge in [0.1, 0.15) is 30.6 Å². The van der Waals surface area contributed by atoms with Crippen molar-refractivity contribution >= 4 is 23.5 Å². The number of imide groups is 1. The topological polar surface area (TPSA) is 97.0 Å². The molecule has 2 atom stereocenters. The molecule has 0 spiro atoms. The van der Waals surface area contributed by atoms with Crippen LogP contribution in [0.25, 0.3) is 0 Å². The van der Waals surface area contributed by atoms with Gasteiger partial charge in [0.2, 0.25) is 5.91 Å². The average molecular weight is 427 g/mol. The Morgan fingerprint density at radius 3 is 2.52 bits per heavy atom. The van der Waals surface area contributed by atoms with Crippen LogP contribution in [0.3, 0.4) is 0 Å². The van der Waals surface area contributed by atoms with E-state index in [9.17, 15) is 18.8 Å². The van der Waals surface area contributed by atoms with Crippen molar-refractivity contribution in [3.8, 4) is 11.5 Å².